The van der Waals surface area contributed by atoms with Crippen molar-refractivity contribution >= 4 is 33.9 Å². The van der Waals surface area contributed by atoms with Crippen LogP contribution >= 0.6 is 11.3 Å². The van der Waals surface area contributed by atoms with Gasteiger partial charge < -0.3 is 26.3 Å². The fraction of sp³-hybridized carbons (Fsp3) is 0.538. The lowest BCUT2D eigenvalue weighted by atomic mass is 10.1. The second-order valence-electron chi connectivity index (χ2n) is 4.74. The van der Waals surface area contributed by atoms with Gasteiger partial charge in [0.1, 0.15) is 15.4 Å². The first-order chi connectivity index (χ1) is 10.0. The number of esters is 1. The van der Waals surface area contributed by atoms with Crippen molar-refractivity contribution in [2.45, 2.75) is 13.3 Å². The van der Waals surface area contributed by atoms with E-state index in [1.165, 1.54) is 0 Å². The number of amides is 1. The van der Waals surface area contributed by atoms with Gasteiger partial charge in [-0.1, -0.05) is 0 Å². The number of nitrogen functional groups attached to an aromatic ring is 1. The monoisotopic (exact) mass is 313 g/mol. The minimum Gasteiger partial charge on any atom is -0.462 e. The number of nitrogens with two attached hydrogens (primary N) is 2. The maximum absolute atomic E-state index is 12.0. The van der Waals surface area contributed by atoms with E-state index in [4.69, 9.17) is 20.9 Å². The summed E-state index contributed by atoms with van der Waals surface area (Å²) in [6.45, 7) is 4.01. The minimum atomic E-state index is -0.653. The molecule has 0 saturated carbocycles. The van der Waals surface area contributed by atoms with E-state index in [1.807, 2.05) is 0 Å². The van der Waals surface area contributed by atoms with Crippen LogP contribution in [0.3, 0.4) is 0 Å². The number of nitrogens with one attached hydrogen (secondary N) is 1. The molecule has 8 heteroatoms. The number of thiophene rings is 1. The number of anilines is 2. The van der Waals surface area contributed by atoms with Crippen molar-refractivity contribution in [3.63, 3.8) is 0 Å². The van der Waals surface area contributed by atoms with Crippen LogP contribution in [-0.4, -0.2) is 38.2 Å². The molecule has 1 amide bonds. The summed E-state index contributed by atoms with van der Waals surface area (Å²) < 4.78 is 10.3. The first-order valence-corrected chi connectivity index (χ1v) is 7.57. The molecule has 0 spiro atoms. The van der Waals surface area contributed by atoms with Crippen LogP contribution in [0.15, 0.2) is 0 Å². The van der Waals surface area contributed by atoms with Crippen LogP contribution in [0.1, 0.15) is 33.4 Å². The van der Waals surface area contributed by atoms with E-state index in [1.54, 1.807) is 6.92 Å². The quantitative estimate of drug-likeness (QED) is 0.676. The zero-order chi connectivity index (χ0) is 15.4. The molecule has 1 aromatic rings. The van der Waals surface area contributed by atoms with Crippen molar-refractivity contribution in [2.24, 2.45) is 11.7 Å². The highest BCUT2D eigenvalue weighted by Crippen LogP contribution is 2.36. The van der Waals surface area contributed by atoms with Crippen LogP contribution in [0.25, 0.3) is 0 Å². The molecule has 0 bridgehead atoms. The maximum Gasteiger partial charge on any atom is 0.343 e. The zero-order valence-electron chi connectivity index (χ0n) is 11.8. The molecule has 1 saturated heterocycles. The molecule has 0 aliphatic carbocycles. The van der Waals surface area contributed by atoms with Crippen LogP contribution in [0.2, 0.25) is 0 Å². The molecule has 1 aliphatic heterocycles. The lowest BCUT2D eigenvalue weighted by molar-refractivity contribution is 0.0529. The number of carbonyl (C=O) groups is 2. The van der Waals surface area contributed by atoms with Crippen molar-refractivity contribution in [1.82, 2.24) is 0 Å². The number of hydrogen-bond acceptors (Lipinski definition) is 7. The molecule has 5 N–H and O–H groups in total. The lowest BCUT2D eigenvalue weighted by Gasteiger charge is -2.11. The van der Waals surface area contributed by atoms with Gasteiger partial charge in [0.2, 0.25) is 0 Å². The highest BCUT2D eigenvalue weighted by atomic mass is 32.1. The Labute approximate surface area is 126 Å². The predicted molar refractivity (Wildman–Crippen MR) is 80.6 cm³/mol. The molecular weight excluding hydrogens is 294 g/mol. The fourth-order valence-electron chi connectivity index (χ4n) is 2.14. The highest BCUT2D eigenvalue weighted by Gasteiger charge is 2.26. The summed E-state index contributed by atoms with van der Waals surface area (Å²) in [6, 6.07) is 0. The average Bonchev–Trinajstić information content (AvgIpc) is 3.04. The Morgan fingerprint density at radius 2 is 2.29 bits per heavy atom. The van der Waals surface area contributed by atoms with E-state index in [-0.39, 0.29) is 22.7 Å². The predicted octanol–water partition coefficient (Wildman–Crippen LogP) is 1.05. The van der Waals surface area contributed by atoms with Crippen LogP contribution in [-0.2, 0) is 9.47 Å². The van der Waals surface area contributed by atoms with Crippen LogP contribution in [0, 0.1) is 5.92 Å². The third-order valence-corrected chi connectivity index (χ3v) is 4.40. The lowest BCUT2D eigenvalue weighted by Crippen LogP contribution is -2.16. The van der Waals surface area contributed by atoms with Gasteiger partial charge in [0.15, 0.2) is 0 Å². The topological polar surface area (TPSA) is 117 Å². The molecule has 1 aromatic heterocycles. The minimum absolute atomic E-state index is 0.0797. The Hall–Kier alpha value is -1.80. The van der Waals surface area contributed by atoms with Crippen LogP contribution in [0.4, 0.5) is 10.7 Å². The molecule has 1 aliphatic rings. The Morgan fingerprint density at radius 3 is 2.86 bits per heavy atom. The van der Waals surface area contributed by atoms with E-state index in [2.05, 4.69) is 5.32 Å². The Kier molecular flexibility index (Phi) is 5.03. The molecule has 1 atom stereocenters. The highest BCUT2D eigenvalue weighted by molar-refractivity contribution is 7.19. The summed E-state index contributed by atoms with van der Waals surface area (Å²) in [7, 11) is 0. The Balaban J connectivity index is 2.22. The molecule has 0 aromatic carbocycles. The second kappa shape index (κ2) is 6.77. The fourth-order valence-corrected chi connectivity index (χ4v) is 3.11. The molecular formula is C13H19N3O4S. The smallest absolute Gasteiger partial charge is 0.343 e. The third-order valence-electron chi connectivity index (χ3n) is 3.22. The van der Waals surface area contributed by atoms with Gasteiger partial charge in [0, 0.05) is 19.1 Å². The first kappa shape index (κ1) is 15.6. The summed E-state index contributed by atoms with van der Waals surface area (Å²) in [5.74, 6) is -0.829. The van der Waals surface area contributed by atoms with Crippen molar-refractivity contribution in [2.75, 3.05) is 37.4 Å². The molecule has 2 rings (SSSR count). The Morgan fingerprint density at radius 1 is 1.52 bits per heavy atom. The second-order valence-corrected chi connectivity index (χ2v) is 5.76. The van der Waals surface area contributed by atoms with Gasteiger partial charge in [0.25, 0.3) is 5.91 Å². The normalized spacial score (nSPS) is 17.7. The molecule has 2 heterocycles. The summed E-state index contributed by atoms with van der Waals surface area (Å²) in [5.41, 5.74) is 11.4. The molecule has 1 unspecified atom stereocenters. The SMILES string of the molecule is CCOC(=O)c1c(NCC2CCOC2)sc(C(N)=O)c1N. The van der Waals surface area contributed by atoms with Gasteiger partial charge in [-0.2, -0.15) is 0 Å². The maximum atomic E-state index is 12.0. The third kappa shape index (κ3) is 3.45. The van der Waals surface area contributed by atoms with Crippen LogP contribution in [0.5, 0.6) is 0 Å². The van der Waals surface area contributed by atoms with Gasteiger partial charge in [-0.05, 0) is 13.3 Å². The van der Waals surface area contributed by atoms with E-state index in [0.717, 1.165) is 24.4 Å². The number of carbonyl (C=O) groups excluding carboxylic acids is 2. The molecule has 116 valence electrons. The summed E-state index contributed by atoms with van der Waals surface area (Å²) in [4.78, 5) is 23.6. The zero-order valence-corrected chi connectivity index (χ0v) is 12.6. The van der Waals surface area contributed by atoms with Gasteiger partial charge >= 0.3 is 5.97 Å². The standard InChI is InChI=1S/C13H19N3O4S/c1-2-20-13(18)8-9(14)10(11(15)17)21-12(8)16-5-7-3-4-19-6-7/h7,16H,2-6,14H2,1H3,(H2,15,17). The van der Waals surface area contributed by atoms with Crippen molar-refractivity contribution < 1.29 is 19.1 Å². The van der Waals surface area contributed by atoms with Crippen molar-refractivity contribution in [1.29, 1.82) is 0 Å². The summed E-state index contributed by atoms with van der Waals surface area (Å²) >= 11 is 1.08. The van der Waals surface area contributed by atoms with Crippen molar-refractivity contribution in [3.8, 4) is 0 Å². The van der Waals surface area contributed by atoms with Gasteiger partial charge in [-0.25, -0.2) is 4.79 Å². The molecule has 21 heavy (non-hydrogen) atoms. The van der Waals surface area contributed by atoms with E-state index >= 15 is 0 Å². The van der Waals surface area contributed by atoms with E-state index in [9.17, 15) is 9.59 Å². The largest absolute Gasteiger partial charge is 0.462 e. The van der Waals surface area contributed by atoms with E-state index in [0.29, 0.717) is 24.1 Å². The van der Waals surface area contributed by atoms with E-state index < -0.39 is 11.9 Å². The number of primary amides is 1. The van der Waals surface area contributed by atoms with Gasteiger partial charge in [0.05, 0.1) is 18.9 Å². The van der Waals surface area contributed by atoms with Gasteiger partial charge in [-0.3, -0.25) is 4.79 Å². The summed E-state index contributed by atoms with van der Waals surface area (Å²) in [6.07, 6.45) is 0.964. The number of rotatable bonds is 6. The Bertz CT molecular complexity index is 538. The van der Waals surface area contributed by atoms with Crippen LogP contribution < -0.4 is 16.8 Å². The first-order valence-electron chi connectivity index (χ1n) is 6.75. The molecule has 1 fully saturated rings. The van der Waals surface area contributed by atoms with Crippen molar-refractivity contribution in [3.05, 3.63) is 10.4 Å². The van der Waals surface area contributed by atoms with Gasteiger partial charge in [-0.15, -0.1) is 11.3 Å². The molecule has 0 radical (unpaired) electrons. The average molecular weight is 313 g/mol. The summed E-state index contributed by atoms with van der Waals surface area (Å²) in [5, 5.41) is 3.68. The number of hydrogen-bond donors (Lipinski definition) is 3. The molecule has 7 nitrogen and oxygen atoms in total. The number of ether oxygens (including phenoxy) is 2.